The van der Waals surface area contributed by atoms with E-state index in [1.807, 2.05) is 30.3 Å². The van der Waals surface area contributed by atoms with Crippen LogP contribution in [0.2, 0.25) is 0 Å². The van der Waals surface area contributed by atoms with E-state index >= 15 is 0 Å². The van der Waals surface area contributed by atoms with E-state index in [0.717, 1.165) is 11.3 Å². The van der Waals surface area contributed by atoms with Gasteiger partial charge < -0.3 is 9.84 Å². The topological polar surface area (TPSA) is 29.5 Å². The smallest absolute Gasteiger partial charge is 0.119 e. The molecule has 114 valence electrons. The van der Waals surface area contributed by atoms with E-state index in [0.29, 0.717) is 17.6 Å². The van der Waals surface area contributed by atoms with Gasteiger partial charge in [0.05, 0.1) is 7.11 Å². The van der Waals surface area contributed by atoms with Crippen LogP contribution in [0, 0.1) is 0 Å². The highest BCUT2D eigenvalue weighted by Crippen LogP contribution is 2.23. The summed E-state index contributed by atoms with van der Waals surface area (Å²) >= 11 is 0. The first-order chi connectivity index (χ1) is 9.95. The summed E-state index contributed by atoms with van der Waals surface area (Å²) in [5.41, 5.74) is 2.37. The summed E-state index contributed by atoms with van der Waals surface area (Å²) in [7, 11) is 1.68. The van der Waals surface area contributed by atoms with Crippen LogP contribution in [0.15, 0.2) is 48.5 Å². The number of benzene rings is 2. The Kier molecular flexibility index (Phi) is 6.80. The quantitative estimate of drug-likeness (QED) is 0.826. The van der Waals surface area contributed by atoms with E-state index in [2.05, 4.69) is 39.8 Å². The van der Waals surface area contributed by atoms with Gasteiger partial charge in [-0.05, 0) is 41.2 Å². The van der Waals surface area contributed by atoms with Crippen molar-refractivity contribution in [3.05, 3.63) is 59.7 Å². The summed E-state index contributed by atoms with van der Waals surface area (Å²) < 4.78 is 5.05. The predicted octanol–water partition coefficient (Wildman–Crippen LogP) is 5.33. The largest absolute Gasteiger partial charge is 0.508 e. The Morgan fingerprint density at radius 2 is 1.38 bits per heavy atom. The van der Waals surface area contributed by atoms with E-state index in [9.17, 15) is 5.11 Å². The number of hydrogen-bond acceptors (Lipinski definition) is 2. The number of ether oxygens (including phenoxy) is 1. The third kappa shape index (κ3) is 5.50. The lowest BCUT2D eigenvalue weighted by molar-refractivity contribution is 0.414. The van der Waals surface area contributed by atoms with Crippen molar-refractivity contribution in [2.45, 2.75) is 39.5 Å². The molecule has 0 atom stereocenters. The fourth-order valence-electron chi connectivity index (χ4n) is 1.96. The fourth-order valence-corrected chi connectivity index (χ4v) is 1.96. The molecule has 0 saturated carbocycles. The van der Waals surface area contributed by atoms with Crippen molar-refractivity contribution in [2.75, 3.05) is 7.11 Å². The van der Waals surface area contributed by atoms with Crippen LogP contribution in [0.5, 0.6) is 11.5 Å². The number of rotatable bonds is 3. The molecule has 0 aromatic heterocycles. The monoisotopic (exact) mass is 286 g/mol. The number of aromatic hydroxyl groups is 1. The predicted molar refractivity (Wildman–Crippen MR) is 89.3 cm³/mol. The summed E-state index contributed by atoms with van der Waals surface area (Å²) in [4.78, 5) is 0. The van der Waals surface area contributed by atoms with Gasteiger partial charge >= 0.3 is 0 Å². The van der Waals surface area contributed by atoms with Gasteiger partial charge in [-0.25, -0.2) is 0 Å². The van der Waals surface area contributed by atoms with Crippen LogP contribution in [0.1, 0.15) is 50.7 Å². The first-order valence-electron chi connectivity index (χ1n) is 7.37. The maximum Gasteiger partial charge on any atom is 0.119 e. The normalized spacial score (nSPS) is 10.2. The molecule has 0 spiro atoms. The lowest BCUT2D eigenvalue weighted by Crippen LogP contribution is -1.87. The van der Waals surface area contributed by atoms with Gasteiger partial charge in [0, 0.05) is 0 Å². The second kappa shape index (κ2) is 8.35. The number of phenolic OH excluding ortho intramolecular Hbond substituents is 1. The Morgan fingerprint density at radius 1 is 0.810 bits per heavy atom. The van der Waals surface area contributed by atoms with Crippen molar-refractivity contribution in [1.82, 2.24) is 0 Å². The molecule has 0 heterocycles. The third-order valence-corrected chi connectivity index (χ3v) is 3.34. The lowest BCUT2D eigenvalue weighted by Gasteiger charge is -2.05. The zero-order valence-electron chi connectivity index (χ0n) is 13.6. The summed E-state index contributed by atoms with van der Waals surface area (Å²) in [6, 6.07) is 15.6. The highest BCUT2D eigenvalue weighted by atomic mass is 16.5. The molecule has 2 aromatic rings. The van der Waals surface area contributed by atoms with Gasteiger partial charge in [0.15, 0.2) is 0 Å². The number of phenols is 1. The maximum absolute atomic E-state index is 9.28. The molecule has 1 N–H and O–H groups in total. The van der Waals surface area contributed by atoms with Gasteiger partial charge in [0.2, 0.25) is 0 Å². The van der Waals surface area contributed by atoms with Crippen LogP contribution in [-0.2, 0) is 0 Å². The van der Waals surface area contributed by atoms with E-state index in [-0.39, 0.29) is 0 Å². The van der Waals surface area contributed by atoms with Crippen LogP contribution in [0.25, 0.3) is 0 Å². The maximum atomic E-state index is 9.28. The van der Waals surface area contributed by atoms with Crippen molar-refractivity contribution in [1.29, 1.82) is 0 Å². The molecule has 0 saturated heterocycles. The summed E-state index contributed by atoms with van der Waals surface area (Å²) in [6.45, 7) is 8.49. The first-order valence-corrected chi connectivity index (χ1v) is 7.37. The second-order valence-electron chi connectivity index (χ2n) is 5.64. The van der Waals surface area contributed by atoms with E-state index in [1.165, 1.54) is 5.56 Å². The molecule has 2 rings (SSSR count). The lowest BCUT2D eigenvalue weighted by atomic mass is 10.0. The minimum absolute atomic E-state index is 0.400. The fraction of sp³-hybridized carbons (Fsp3) is 0.368. The van der Waals surface area contributed by atoms with Crippen molar-refractivity contribution in [3.63, 3.8) is 0 Å². The third-order valence-electron chi connectivity index (χ3n) is 3.34. The van der Waals surface area contributed by atoms with Crippen molar-refractivity contribution in [3.8, 4) is 11.5 Å². The van der Waals surface area contributed by atoms with Gasteiger partial charge in [-0.1, -0.05) is 58.0 Å². The number of methoxy groups -OCH3 is 1. The molecular weight excluding hydrogens is 260 g/mol. The van der Waals surface area contributed by atoms with Crippen LogP contribution in [0.4, 0.5) is 0 Å². The molecule has 0 fully saturated rings. The molecule has 0 bridgehead atoms. The van der Waals surface area contributed by atoms with E-state index in [4.69, 9.17) is 4.74 Å². The average molecular weight is 286 g/mol. The molecular formula is C19H26O2. The molecule has 0 aliphatic rings. The van der Waals surface area contributed by atoms with Crippen LogP contribution in [0.3, 0.4) is 0 Å². The first kappa shape index (κ1) is 17.1. The summed E-state index contributed by atoms with van der Waals surface area (Å²) in [5, 5.41) is 9.28. The number of hydrogen-bond donors (Lipinski definition) is 1. The standard InChI is InChI=1S/C10H14O.C9H12O/c1-8(2)9-4-6-10(11-3)7-5-9;1-7(2)8-5-3-4-6-9(8)10/h4-8H,1-3H3;3-7,10H,1-2H3. The van der Waals surface area contributed by atoms with Gasteiger partial charge in [-0.2, -0.15) is 0 Å². The molecule has 2 nitrogen and oxygen atoms in total. The Morgan fingerprint density at radius 3 is 1.76 bits per heavy atom. The molecule has 0 aliphatic heterocycles. The molecule has 0 radical (unpaired) electrons. The van der Waals surface area contributed by atoms with Crippen LogP contribution >= 0.6 is 0 Å². The van der Waals surface area contributed by atoms with Crippen molar-refractivity contribution < 1.29 is 9.84 Å². The van der Waals surface area contributed by atoms with E-state index in [1.54, 1.807) is 13.2 Å². The van der Waals surface area contributed by atoms with Gasteiger partial charge in [0.1, 0.15) is 11.5 Å². The Hall–Kier alpha value is -1.96. The van der Waals surface area contributed by atoms with Crippen LogP contribution in [-0.4, -0.2) is 12.2 Å². The summed E-state index contributed by atoms with van der Waals surface area (Å²) in [6.07, 6.45) is 0. The minimum Gasteiger partial charge on any atom is -0.508 e. The van der Waals surface area contributed by atoms with Crippen molar-refractivity contribution in [2.24, 2.45) is 0 Å². The molecule has 2 heteroatoms. The Labute approximate surface area is 128 Å². The van der Waals surface area contributed by atoms with Gasteiger partial charge in [0.25, 0.3) is 0 Å². The SMILES string of the molecule is CC(C)c1ccccc1O.COc1ccc(C(C)C)cc1. The Bertz CT molecular complexity index is 528. The molecule has 0 amide bonds. The van der Waals surface area contributed by atoms with Gasteiger partial charge in [-0.15, -0.1) is 0 Å². The summed E-state index contributed by atoms with van der Waals surface area (Å²) in [5.74, 6) is 2.33. The minimum atomic E-state index is 0.400. The average Bonchev–Trinajstić information content (AvgIpc) is 2.48. The van der Waals surface area contributed by atoms with Crippen LogP contribution < -0.4 is 4.74 Å². The zero-order valence-corrected chi connectivity index (χ0v) is 13.6. The van der Waals surface area contributed by atoms with Gasteiger partial charge in [-0.3, -0.25) is 0 Å². The molecule has 2 aromatic carbocycles. The Balaban J connectivity index is 0.000000211. The number of para-hydroxylation sites is 1. The highest BCUT2D eigenvalue weighted by Gasteiger charge is 2.02. The highest BCUT2D eigenvalue weighted by molar-refractivity contribution is 5.33. The second-order valence-corrected chi connectivity index (χ2v) is 5.64. The van der Waals surface area contributed by atoms with E-state index < -0.39 is 0 Å². The zero-order chi connectivity index (χ0) is 15.8. The molecule has 21 heavy (non-hydrogen) atoms. The molecule has 0 aliphatic carbocycles. The molecule has 0 unspecified atom stereocenters. The van der Waals surface area contributed by atoms with Crippen molar-refractivity contribution >= 4 is 0 Å².